The average molecular weight is 250 g/mol. The first kappa shape index (κ1) is 12.2. The number of thiazole rings is 1. The third-order valence-corrected chi connectivity index (χ3v) is 3.57. The molecular formula is C13H15FN2S. The quantitative estimate of drug-likeness (QED) is 0.906. The largest absolute Gasteiger partial charge is 0.318 e. The van der Waals surface area contributed by atoms with Gasteiger partial charge in [0.25, 0.3) is 0 Å². The molecule has 0 aliphatic rings. The zero-order valence-electron chi connectivity index (χ0n) is 9.85. The lowest BCUT2D eigenvalue weighted by Crippen LogP contribution is -2.11. The first-order valence-corrected chi connectivity index (χ1v) is 6.42. The predicted octanol–water partition coefficient (Wildman–Crippen LogP) is 3.45. The topological polar surface area (TPSA) is 38.9 Å². The van der Waals surface area contributed by atoms with Crippen LogP contribution in [0.2, 0.25) is 0 Å². The Labute approximate surface area is 104 Å². The Morgan fingerprint density at radius 3 is 2.41 bits per heavy atom. The molecule has 2 N–H and O–H groups in total. The van der Waals surface area contributed by atoms with Crippen molar-refractivity contribution in [2.75, 3.05) is 0 Å². The van der Waals surface area contributed by atoms with E-state index in [1.54, 1.807) is 23.5 Å². The molecule has 2 rings (SSSR count). The Balaban J connectivity index is 2.24. The highest BCUT2D eigenvalue weighted by Gasteiger charge is 2.14. The van der Waals surface area contributed by atoms with E-state index < -0.39 is 0 Å². The maximum Gasteiger partial charge on any atom is 0.123 e. The maximum absolute atomic E-state index is 12.8. The van der Waals surface area contributed by atoms with Gasteiger partial charge in [0.2, 0.25) is 0 Å². The predicted molar refractivity (Wildman–Crippen MR) is 68.6 cm³/mol. The van der Waals surface area contributed by atoms with E-state index in [0.717, 1.165) is 16.3 Å². The summed E-state index contributed by atoms with van der Waals surface area (Å²) < 4.78 is 12.8. The highest BCUT2D eigenvalue weighted by molar-refractivity contribution is 7.09. The number of hydrogen-bond donors (Lipinski definition) is 1. The molecule has 4 heteroatoms. The summed E-state index contributed by atoms with van der Waals surface area (Å²) in [4.78, 5) is 4.51. The lowest BCUT2D eigenvalue weighted by molar-refractivity contribution is 0.626. The first-order chi connectivity index (χ1) is 8.08. The van der Waals surface area contributed by atoms with Crippen LogP contribution in [0.4, 0.5) is 4.39 Å². The highest BCUT2D eigenvalue weighted by Crippen LogP contribution is 2.25. The minimum atomic E-state index is -0.270. The fraction of sp³-hybridized carbons (Fsp3) is 0.308. The molecule has 0 saturated carbocycles. The summed E-state index contributed by atoms with van der Waals surface area (Å²) in [6.45, 7) is 4.20. The summed E-state index contributed by atoms with van der Waals surface area (Å²) in [7, 11) is 0. The van der Waals surface area contributed by atoms with Crippen LogP contribution in [0.5, 0.6) is 0 Å². The zero-order chi connectivity index (χ0) is 12.4. The monoisotopic (exact) mass is 250 g/mol. The van der Waals surface area contributed by atoms with Crippen molar-refractivity contribution in [2.24, 2.45) is 5.73 Å². The normalized spacial score (nSPS) is 13.0. The van der Waals surface area contributed by atoms with E-state index in [1.165, 1.54) is 12.1 Å². The van der Waals surface area contributed by atoms with Crippen molar-refractivity contribution in [3.8, 4) is 0 Å². The van der Waals surface area contributed by atoms with Gasteiger partial charge in [0, 0.05) is 5.38 Å². The van der Waals surface area contributed by atoms with E-state index in [1.807, 2.05) is 5.38 Å². The molecule has 0 bridgehead atoms. The molecule has 17 heavy (non-hydrogen) atoms. The molecule has 0 aliphatic carbocycles. The number of rotatable bonds is 3. The lowest BCUT2D eigenvalue weighted by Gasteiger charge is -2.08. The zero-order valence-corrected chi connectivity index (χ0v) is 10.7. The van der Waals surface area contributed by atoms with Gasteiger partial charge in [-0.3, -0.25) is 0 Å². The van der Waals surface area contributed by atoms with Crippen LogP contribution < -0.4 is 5.73 Å². The van der Waals surface area contributed by atoms with Crippen molar-refractivity contribution in [2.45, 2.75) is 25.8 Å². The number of aromatic nitrogens is 1. The molecule has 0 radical (unpaired) electrons. The second-order valence-corrected chi connectivity index (χ2v) is 5.18. The molecule has 2 aromatic rings. The third-order valence-electron chi connectivity index (χ3n) is 2.63. The second kappa shape index (κ2) is 4.94. The van der Waals surface area contributed by atoms with Crippen molar-refractivity contribution in [3.63, 3.8) is 0 Å². The summed E-state index contributed by atoms with van der Waals surface area (Å²) in [6, 6.07) is 5.98. The van der Waals surface area contributed by atoms with Crippen LogP contribution in [0.15, 0.2) is 29.6 Å². The summed E-state index contributed by atoms with van der Waals surface area (Å²) in [5, 5.41) is 2.91. The summed E-state index contributed by atoms with van der Waals surface area (Å²) in [5.74, 6) is 0.156. The first-order valence-electron chi connectivity index (χ1n) is 5.54. The van der Waals surface area contributed by atoms with E-state index in [9.17, 15) is 4.39 Å². The molecule has 0 spiro atoms. The van der Waals surface area contributed by atoms with Crippen LogP contribution in [0.1, 0.15) is 42.1 Å². The molecule has 0 amide bonds. The average Bonchev–Trinajstić information content (AvgIpc) is 2.78. The molecule has 0 saturated heterocycles. The summed E-state index contributed by atoms with van der Waals surface area (Å²) in [6.07, 6.45) is 0. The van der Waals surface area contributed by atoms with Gasteiger partial charge in [0.05, 0.1) is 11.7 Å². The van der Waals surface area contributed by atoms with Crippen LogP contribution in [-0.4, -0.2) is 4.98 Å². The highest BCUT2D eigenvalue weighted by atomic mass is 32.1. The van der Waals surface area contributed by atoms with Crippen molar-refractivity contribution in [1.29, 1.82) is 0 Å². The number of nitrogens with zero attached hydrogens (tertiary/aromatic N) is 1. The Kier molecular flexibility index (Phi) is 3.54. The maximum atomic E-state index is 12.8. The third kappa shape index (κ3) is 2.70. The number of hydrogen-bond acceptors (Lipinski definition) is 3. The molecule has 1 unspecified atom stereocenters. The molecule has 0 fully saturated rings. The summed E-state index contributed by atoms with van der Waals surface area (Å²) in [5.41, 5.74) is 8.05. The van der Waals surface area contributed by atoms with Crippen LogP contribution in [0, 0.1) is 5.82 Å². The minimum absolute atomic E-state index is 0.247. The van der Waals surface area contributed by atoms with Gasteiger partial charge in [0.1, 0.15) is 10.8 Å². The lowest BCUT2D eigenvalue weighted by atomic mass is 10.1. The standard InChI is InChI=1S/C13H15FN2S/c1-8(2)11-7-17-13(16-11)12(15)9-3-5-10(14)6-4-9/h3-8,12H,15H2,1-2H3. The van der Waals surface area contributed by atoms with Gasteiger partial charge in [-0.25, -0.2) is 9.37 Å². The van der Waals surface area contributed by atoms with E-state index in [2.05, 4.69) is 18.8 Å². The van der Waals surface area contributed by atoms with Gasteiger partial charge >= 0.3 is 0 Å². The van der Waals surface area contributed by atoms with E-state index in [-0.39, 0.29) is 11.9 Å². The molecule has 1 atom stereocenters. The fourth-order valence-electron chi connectivity index (χ4n) is 1.52. The SMILES string of the molecule is CC(C)c1csc(C(N)c2ccc(F)cc2)n1. The smallest absolute Gasteiger partial charge is 0.123 e. The van der Waals surface area contributed by atoms with Gasteiger partial charge < -0.3 is 5.73 Å². The van der Waals surface area contributed by atoms with Gasteiger partial charge in [-0.05, 0) is 23.6 Å². The Hall–Kier alpha value is -1.26. The van der Waals surface area contributed by atoms with Gasteiger partial charge in [-0.2, -0.15) is 0 Å². The van der Waals surface area contributed by atoms with Crippen molar-refractivity contribution in [3.05, 3.63) is 51.7 Å². The van der Waals surface area contributed by atoms with E-state index in [0.29, 0.717) is 5.92 Å². The van der Waals surface area contributed by atoms with Crippen molar-refractivity contribution >= 4 is 11.3 Å². The fourth-order valence-corrected chi connectivity index (χ4v) is 2.53. The Morgan fingerprint density at radius 2 is 1.88 bits per heavy atom. The van der Waals surface area contributed by atoms with Crippen molar-refractivity contribution < 1.29 is 4.39 Å². The molecule has 2 nitrogen and oxygen atoms in total. The molecule has 1 heterocycles. The molecule has 1 aromatic heterocycles. The Morgan fingerprint density at radius 1 is 1.24 bits per heavy atom. The minimum Gasteiger partial charge on any atom is -0.318 e. The second-order valence-electron chi connectivity index (χ2n) is 4.29. The van der Waals surface area contributed by atoms with Crippen LogP contribution in [0.25, 0.3) is 0 Å². The van der Waals surface area contributed by atoms with Crippen LogP contribution >= 0.6 is 11.3 Å². The molecular weight excluding hydrogens is 235 g/mol. The van der Waals surface area contributed by atoms with Gasteiger partial charge in [-0.15, -0.1) is 11.3 Å². The molecule has 0 aliphatic heterocycles. The summed E-state index contributed by atoms with van der Waals surface area (Å²) >= 11 is 1.56. The Bertz CT molecular complexity index is 490. The number of nitrogens with two attached hydrogens (primary N) is 1. The number of halogens is 1. The van der Waals surface area contributed by atoms with Crippen LogP contribution in [-0.2, 0) is 0 Å². The van der Waals surface area contributed by atoms with E-state index in [4.69, 9.17) is 5.73 Å². The molecule has 90 valence electrons. The van der Waals surface area contributed by atoms with Gasteiger partial charge in [0.15, 0.2) is 0 Å². The van der Waals surface area contributed by atoms with Crippen LogP contribution in [0.3, 0.4) is 0 Å². The molecule has 1 aromatic carbocycles. The van der Waals surface area contributed by atoms with Gasteiger partial charge in [-0.1, -0.05) is 26.0 Å². The van der Waals surface area contributed by atoms with Crippen molar-refractivity contribution in [1.82, 2.24) is 4.98 Å². The number of benzene rings is 1. The van der Waals surface area contributed by atoms with E-state index >= 15 is 0 Å².